The molecule has 0 aliphatic heterocycles. The topological polar surface area (TPSA) is 15.3 Å². The quantitative estimate of drug-likeness (QED) is 0.701. The van der Waals surface area contributed by atoms with Gasteiger partial charge in [0.2, 0.25) is 0 Å². The fraction of sp³-hybridized carbons (Fsp3) is 1.00. The number of hydrogen-bond donors (Lipinski definition) is 1. The van der Waals surface area contributed by atoms with Gasteiger partial charge >= 0.3 is 0 Å². The van der Waals surface area contributed by atoms with Crippen molar-refractivity contribution >= 4 is 0 Å². The molecule has 0 spiro atoms. The Bertz CT molecular complexity index is 193. The van der Waals surface area contributed by atoms with Crippen LogP contribution in [0.3, 0.4) is 0 Å². The largest absolute Gasteiger partial charge is 0.319 e. The van der Waals surface area contributed by atoms with Crippen LogP contribution >= 0.6 is 0 Å². The molecule has 1 aliphatic rings. The van der Waals surface area contributed by atoms with Gasteiger partial charge in [0.05, 0.1) is 0 Å². The molecule has 0 atom stereocenters. The van der Waals surface area contributed by atoms with Gasteiger partial charge in [-0.2, -0.15) is 0 Å². The summed E-state index contributed by atoms with van der Waals surface area (Å²) in [7, 11) is 4.39. The molecule has 0 unspecified atom stereocenters. The van der Waals surface area contributed by atoms with Crippen LogP contribution in [0.15, 0.2) is 0 Å². The molecule has 0 heterocycles. The molecule has 2 heteroatoms. The molecule has 1 aliphatic carbocycles. The van der Waals surface area contributed by atoms with Crippen LogP contribution in [-0.2, 0) is 0 Å². The second-order valence-corrected chi connectivity index (χ2v) is 6.08. The summed E-state index contributed by atoms with van der Waals surface area (Å²) in [6.07, 6.45) is 8.39. The van der Waals surface area contributed by atoms with Gasteiger partial charge in [0.15, 0.2) is 0 Å². The van der Waals surface area contributed by atoms with Crippen LogP contribution < -0.4 is 5.32 Å². The molecule has 1 fully saturated rings. The summed E-state index contributed by atoms with van der Waals surface area (Å²) in [5.41, 5.74) is 0.474. The zero-order valence-corrected chi connectivity index (χ0v) is 12.4. The molecule has 0 aromatic carbocycles. The average Bonchev–Trinajstić information content (AvgIpc) is 2.81. The summed E-state index contributed by atoms with van der Waals surface area (Å²) in [5, 5.41) is 3.38. The van der Waals surface area contributed by atoms with Crippen LogP contribution in [0.25, 0.3) is 0 Å². The first-order valence-electron chi connectivity index (χ1n) is 7.49. The van der Waals surface area contributed by atoms with Gasteiger partial charge < -0.3 is 10.2 Å². The lowest BCUT2D eigenvalue weighted by Gasteiger charge is -2.36. The molecule has 1 N–H and O–H groups in total. The molecule has 1 rings (SSSR count). The summed E-state index contributed by atoms with van der Waals surface area (Å²) in [4.78, 5) is 2.58. The van der Waals surface area contributed by atoms with E-state index in [0.29, 0.717) is 5.41 Å². The van der Waals surface area contributed by atoms with Crippen LogP contribution in [-0.4, -0.2) is 38.6 Å². The molecule has 0 radical (unpaired) electrons. The molecule has 0 aromatic rings. The predicted molar refractivity (Wildman–Crippen MR) is 76.4 cm³/mol. The summed E-state index contributed by atoms with van der Waals surface area (Å²) < 4.78 is 0. The van der Waals surface area contributed by atoms with E-state index in [-0.39, 0.29) is 0 Å². The van der Waals surface area contributed by atoms with Crippen molar-refractivity contribution in [3.05, 3.63) is 0 Å². The molecular formula is C15H32N2. The third-order valence-electron chi connectivity index (χ3n) is 4.70. The SMILES string of the molecule is CCC(CC)(CNC)CN(C)CC1CCCC1. The summed E-state index contributed by atoms with van der Waals surface area (Å²) in [6, 6.07) is 0. The molecule has 0 bridgehead atoms. The third-order valence-corrected chi connectivity index (χ3v) is 4.70. The summed E-state index contributed by atoms with van der Waals surface area (Å²) >= 11 is 0. The van der Waals surface area contributed by atoms with Crippen LogP contribution in [0, 0.1) is 11.3 Å². The van der Waals surface area contributed by atoms with Crippen molar-refractivity contribution in [3.8, 4) is 0 Å². The van der Waals surface area contributed by atoms with Crippen LogP contribution in [0.4, 0.5) is 0 Å². The van der Waals surface area contributed by atoms with Crippen LogP contribution in [0.2, 0.25) is 0 Å². The molecule has 17 heavy (non-hydrogen) atoms. The van der Waals surface area contributed by atoms with Crippen molar-refractivity contribution < 1.29 is 0 Å². The van der Waals surface area contributed by atoms with E-state index in [1.54, 1.807) is 0 Å². The summed E-state index contributed by atoms with van der Waals surface area (Å²) in [6.45, 7) is 8.38. The van der Waals surface area contributed by atoms with E-state index in [9.17, 15) is 0 Å². The predicted octanol–water partition coefficient (Wildman–Crippen LogP) is 3.13. The molecule has 0 amide bonds. The van der Waals surface area contributed by atoms with Crippen molar-refractivity contribution in [2.45, 2.75) is 52.4 Å². The zero-order chi connectivity index (χ0) is 12.7. The zero-order valence-electron chi connectivity index (χ0n) is 12.4. The van der Waals surface area contributed by atoms with E-state index in [0.717, 1.165) is 12.5 Å². The lowest BCUT2D eigenvalue weighted by molar-refractivity contribution is 0.144. The fourth-order valence-corrected chi connectivity index (χ4v) is 3.43. The van der Waals surface area contributed by atoms with Gasteiger partial charge in [0.1, 0.15) is 0 Å². The average molecular weight is 240 g/mol. The highest BCUT2D eigenvalue weighted by Gasteiger charge is 2.28. The molecular weight excluding hydrogens is 208 g/mol. The Kier molecular flexibility index (Phi) is 6.50. The van der Waals surface area contributed by atoms with Crippen molar-refractivity contribution in [3.63, 3.8) is 0 Å². The van der Waals surface area contributed by atoms with E-state index in [1.807, 2.05) is 0 Å². The van der Waals surface area contributed by atoms with E-state index >= 15 is 0 Å². The Hall–Kier alpha value is -0.0800. The first kappa shape index (κ1) is 15.0. The third kappa shape index (κ3) is 4.59. The molecule has 102 valence electrons. The van der Waals surface area contributed by atoms with Crippen molar-refractivity contribution in [2.24, 2.45) is 11.3 Å². The van der Waals surface area contributed by atoms with Gasteiger partial charge in [-0.3, -0.25) is 0 Å². The monoisotopic (exact) mass is 240 g/mol. The number of rotatable bonds is 8. The minimum Gasteiger partial charge on any atom is -0.319 e. The Balaban J connectivity index is 2.41. The van der Waals surface area contributed by atoms with Gasteiger partial charge in [-0.05, 0) is 51.1 Å². The van der Waals surface area contributed by atoms with Gasteiger partial charge in [-0.25, -0.2) is 0 Å². The molecule has 2 nitrogen and oxygen atoms in total. The van der Waals surface area contributed by atoms with E-state index in [1.165, 1.54) is 51.6 Å². The molecule has 0 aromatic heterocycles. The Labute approximate surface area is 108 Å². The van der Waals surface area contributed by atoms with Crippen molar-refractivity contribution in [1.29, 1.82) is 0 Å². The summed E-state index contributed by atoms with van der Waals surface area (Å²) in [5.74, 6) is 0.973. The first-order valence-corrected chi connectivity index (χ1v) is 7.49. The van der Waals surface area contributed by atoms with E-state index in [2.05, 4.69) is 38.2 Å². The minimum atomic E-state index is 0.474. The maximum atomic E-state index is 3.38. The van der Waals surface area contributed by atoms with Gasteiger partial charge in [-0.15, -0.1) is 0 Å². The maximum absolute atomic E-state index is 3.38. The number of hydrogen-bond acceptors (Lipinski definition) is 2. The highest BCUT2D eigenvalue weighted by atomic mass is 15.1. The number of nitrogens with zero attached hydrogens (tertiary/aromatic N) is 1. The number of nitrogens with one attached hydrogen (secondary N) is 1. The lowest BCUT2D eigenvalue weighted by Crippen LogP contribution is -2.42. The first-order chi connectivity index (χ1) is 8.15. The van der Waals surface area contributed by atoms with Gasteiger partial charge in [-0.1, -0.05) is 26.7 Å². The smallest absolute Gasteiger partial charge is 0.00470 e. The minimum absolute atomic E-state index is 0.474. The second-order valence-electron chi connectivity index (χ2n) is 6.08. The highest BCUT2D eigenvalue weighted by Crippen LogP contribution is 2.29. The normalized spacial score (nSPS) is 18.2. The Morgan fingerprint density at radius 3 is 2.24 bits per heavy atom. The van der Waals surface area contributed by atoms with Crippen LogP contribution in [0.1, 0.15) is 52.4 Å². The van der Waals surface area contributed by atoms with Crippen molar-refractivity contribution in [2.75, 3.05) is 33.7 Å². The Morgan fingerprint density at radius 1 is 1.18 bits per heavy atom. The molecule has 1 saturated carbocycles. The van der Waals surface area contributed by atoms with Gasteiger partial charge in [0.25, 0.3) is 0 Å². The Morgan fingerprint density at radius 2 is 1.76 bits per heavy atom. The lowest BCUT2D eigenvalue weighted by atomic mass is 9.81. The second kappa shape index (κ2) is 7.38. The fourth-order valence-electron chi connectivity index (χ4n) is 3.43. The van der Waals surface area contributed by atoms with E-state index in [4.69, 9.17) is 0 Å². The van der Waals surface area contributed by atoms with E-state index < -0.39 is 0 Å². The van der Waals surface area contributed by atoms with Crippen molar-refractivity contribution in [1.82, 2.24) is 10.2 Å². The molecule has 0 saturated heterocycles. The maximum Gasteiger partial charge on any atom is 0.00470 e. The highest BCUT2D eigenvalue weighted by molar-refractivity contribution is 4.82. The van der Waals surface area contributed by atoms with Crippen LogP contribution in [0.5, 0.6) is 0 Å². The standard InChI is InChI=1S/C15H32N2/c1-5-15(6-2,12-16-3)13-17(4)11-14-9-7-8-10-14/h14,16H,5-13H2,1-4H3. The van der Waals surface area contributed by atoms with Gasteiger partial charge in [0, 0.05) is 19.6 Å².